The number of carbonyl (C=O) groups excluding carboxylic acids is 1. The van der Waals surface area contributed by atoms with Crippen LogP contribution in [0.3, 0.4) is 0 Å². The summed E-state index contributed by atoms with van der Waals surface area (Å²) < 4.78 is 1.90. The van der Waals surface area contributed by atoms with Gasteiger partial charge in [-0.05, 0) is 46.1 Å². The summed E-state index contributed by atoms with van der Waals surface area (Å²) in [4.78, 5) is 23.7. The minimum Gasteiger partial charge on any atom is -0.480 e. The van der Waals surface area contributed by atoms with E-state index in [0.29, 0.717) is 18.0 Å². The number of aliphatic carboxylic acids is 1. The van der Waals surface area contributed by atoms with Gasteiger partial charge >= 0.3 is 5.97 Å². The van der Waals surface area contributed by atoms with E-state index in [2.05, 4.69) is 31.2 Å². The van der Waals surface area contributed by atoms with E-state index in [9.17, 15) is 14.7 Å². The zero-order valence-electron chi connectivity index (χ0n) is 14.4. The van der Waals surface area contributed by atoms with Crippen molar-refractivity contribution in [2.75, 3.05) is 0 Å². The molecule has 1 saturated carbocycles. The monoisotopic (exact) mass is 321 g/mol. The molecular weight excluding hydrogens is 294 g/mol. The van der Waals surface area contributed by atoms with Gasteiger partial charge in [0.1, 0.15) is 11.7 Å². The normalized spacial score (nSPS) is 16.2. The van der Waals surface area contributed by atoms with Gasteiger partial charge in [-0.1, -0.05) is 19.8 Å². The number of carbonyl (C=O) groups is 2. The molecule has 1 unspecified atom stereocenters. The van der Waals surface area contributed by atoms with E-state index < -0.39 is 17.9 Å². The van der Waals surface area contributed by atoms with Gasteiger partial charge in [-0.3, -0.25) is 9.48 Å². The van der Waals surface area contributed by atoms with Crippen molar-refractivity contribution in [2.45, 2.75) is 77.3 Å². The summed E-state index contributed by atoms with van der Waals surface area (Å²) in [6, 6.07) is 0.961. The molecule has 1 atom stereocenters. The second-order valence-corrected chi connectivity index (χ2v) is 7.32. The van der Waals surface area contributed by atoms with Crippen molar-refractivity contribution < 1.29 is 14.7 Å². The number of carboxylic acids is 1. The van der Waals surface area contributed by atoms with Crippen molar-refractivity contribution in [1.82, 2.24) is 15.1 Å². The van der Waals surface area contributed by atoms with E-state index in [4.69, 9.17) is 0 Å². The lowest BCUT2D eigenvalue weighted by molar-refractivity contribution is -0.139. The third-order valence-electron chi connectivity index (χ3n) is 4.05. The van der Waals surface area contributed by atoms with Crippen LogP contribution in [0.25, 0.3) is 0 Å². The van der Waals surface area contributed by atoms with Crippen LogP contribution in [0.15, 0.2) is 6.07 Å². The number of unbranched alkanes of at least 4 members (excludes halogenated alkanes) is 1. The second-order valence-electron chi connectivity index (χ2n) is 7.32. The van der Waals surface area contributed by atoms with Gasteiger partial charge in [0.2, 0.25) is 0 Å². The quantitative estimate of drug-likeness (QED) is 0.809. The van der Waals surface area contributed by atoms with Gasteiger partial charge < -0.3 is 10.4 Å². The van der Waals surface area contributed by atoms with E-state index in [0.717, 1.165) is 31.4 Å². The van der Waals surface area contributed by atoms with Crippen molar-refractivity contribution >= 4 is 11.9 Å². The standard InChI is InChI=1S/C17H27N3O3/c1-5-6-7-12(16(22)23)18-15(21)13-10-14(11-8-9-11)20(19-13)17(2,3)4/h10-12H,5-9H2,1-4H3,(H,18,21)(H,22,23). The largest absolute Gasteiger partial charge is 0.480 e. The van der Waals surface area contributed by atoms with Gasteiger partial charge in [0, 0.05) is 11.6 Å². The molecule has 0 bridgehead atoms. The molecule has 2 N–H and O–H groups in total. The Morgan fingerprint density at radius 3 is 2.57 bits per heavy atom. The summed E-state index contributed by atoms with van der Waals surface area (Å²) in [5.41, 5.74) is 1.18. The summed E-state index contributed by atoms with van der Waals surface area (Å²) in [5, 5.41) is 16.3. The predicted molar refractivity (Wildman–Crippen MR) is 87.6 cm³/mol. The molecular formula is C17H27N3O3. The molecule has 1 fully saturated rings. The summed E-state index contributed by atoms with van der Waals surface area (Å²) in [6.45, 7) is 8.15. The number of nitrogens with zero attached hydrogens (tertiary/aromatic N) is 2. The maximum Gasteiger partial charge on any atom is 0.326 e. The lowest BCUT2D eigenvalue weighted by Crippen LogP contribution is -2.41. The van der Waals surface area contributed by atoms with Gasteiger partial charge in [0.15, 0.2) is 0 Å². The lowest BCUT2D eigenvalue weighted by Gasteiger charge is -2.22. The summed E-state index contributed by atoms with van der Waals surface area (Å²) in [7, 11) is 0. The molecule has 128 valence electrons. The molecule has 1 aliphatic rings. The number of aromatic nitrogens is 2. The Morgan fingerprint density at radius 2 is 2.09 bits per heavy atom. The summed E-state index contributed by atoms with van der Waals surface area (Å²) >= 11 is 0. The van der Waals surface area contributed by atoms with Crippen LogP contribution in [0.4, 0.5) is 0 Å². The number of amides is 1. The molecule has 0 saturated heterocycles. The minimum absolute atomic E-state index is 0.204. The van der Waals surface area contributed by atoms with Crippen molar-refractivity contribution in [3.05, 3.63) is 17.5 Å². The second kappa shape index (κ2) is 6.72. The minimum atomic E-state index is -0.996. The number of carboxylic acid groups (broad SMARTS) is 1. The first-order valence-corrected chi connectivity index (χ1v) is 8.38. The Morgan fingerprint density at radius 1 is 1.43 bits per heavy atom. The molecule has 0 spiro atoms. The van der Waals surface area contributed by atoms with Crippen LogP contribution in [-0.2, 0) is 10.3 Å². The van der Waals surface area contributed by atoms with Crippen LogP contribution < -0.4 is 5.32 Å². The van der Waals surface area contributed by atoms with Crippen molar-refractivity contribution in [3.63, 3.8) is 0 Å². The highest BCUT2D eigenvalue weighted by atomic mass is 16.4. The first-order valence-electron chi connectivity index (χ1n) is 8.38. The number of nitrogens with one attached hydrogen (secondary N) is 1. The Balaban J connectivity index is 2.17. The molecule has 1 amide bonds. The Kier molecular flexibility index (Phi) is 5.12. The van der Waals surface area contributed by atoms with Crippen molar-refractivity contribution in [3.8, 4) is 0 Å². The van der Waals surface area contributed by atoms with E-state index >= 15 is 0 Å². The number of hydrogen-bond acceptors (Lipinski definition) is 3. The topological polar surface area (TPSA) is 84.2 Å². The number of rotatable bonds is 7. The lowest BCUT2D eigenvalue weighted by atomic mass is 10.1. The highest BCUT2D eigenvalue weighted by molar-refractivity contribution is 5.95. The first-order chi connectivity index (χ1) is 10.7. The highest BCUT2D eigenvalue weighted by Crippen LogP contribution is 2.41. The summed E-state index contributed by atoms with van der Waals surface area (Å²) in [6.07, 6.45) is 4.34. The van der Waals surface area contributed by atoms with Crippen LogP contribution in [-0.4, -0.2) is 32.8 Å². The van der Waals surface area contributed by atoms with Crippen LogP contribution in [0, 0.1) is 0 Å². The zero-order valence-corrected chi connectivity index (χ0v) is 14.4. The Labute approximate surface area is 137 Å². The van der Waals surface area contributed by atoms with Gasteiger partial charge in [-0.25, -0.2) is 4.79 Å². The molecule has 23 heavy (non-hydrogen) atoms. The highest BCUT2D eigenvalue weighted by Gasteiger charge is 2.33. The van der Waals surface area contributed by atoms with E-state index in [-0.39, 0.29) is 5.54 Å². The molecule has 0 aliphatic heterocycles. The van der Waals surface area contributed by atoms with Crippen molar-refractivity contribution in [2.24, 2.45) is 0 Å². The van der Waals surface area contributed by atoms with E-state index in [1.165, 1.54) is 0 Å². The maximum atomic E-state index is 12.4. The zero-order chi connectivity index (χ0) is 17.2. The summed E-state index contributed by atoms with van der Waals surface area (Å²) in [5.74, 6) is -0.929. The third kappa shape index (κ3) is 4.33. The van der Waals surface area contributed by atoms with Gasteiger partial charge in [-0.15, -0.1) is 0 Å². The first kappa shape index (κ1) is 17.5. The van der Waals surface area contributed by atoms with E-state index in [1.807, 2.05) is 17.7 Å². The molecule has 1 aromatic rings. The Bertz CT molecular complexity index is 582. The fourth-order valence-electron chi connectivity index (χ4n) is 2.61. The average molecular weight is 321 g/mol. The molecule has 1 heterocycles. The van der Waals surface area contributed by atoms with Crippen LogP contribution in [0.1, 0.15) is 81.9 Å². The van der Waals surface area contributed by atoms with Gasteiger partial charge in [0.05, 0.1) is 5.54 Å². The Hall–Kier alpha value is -1.85. The maximum absolute atomic E-state index is 12.4. The average Bonchev–Trinajstić information content (AvgIpc) is 3.19. The van der Waals surface area contributed by atoms with Crippen molar-refractivity contribution in [1.29, 1.82) is 0 Å². The fourth-order valence-corrected chi connectivity index (χ4v) is 2.61. The molecule has 1 aromatic heterocycles. The van der Waals surface area contributed by atoms with Gasteiger partial charge in [0.25, 0.3) is 5.91 Å². The molecule has 6 heteroatoms. The molecule has 6 nitrogen and oxygen atoms in total. The van der Waals surface area contributed by atoms with E-state index in [1.54, 1.807) is 0 Å². The van der Waals surface area contributed by atoms with Gasteiger partial charge in [-0.2, -0.15) is 5.10 Å². The molecule has 1 aliphatic carbocycles. The molecule has 0 radical (unpaired) electrons. The predicted octanol–water partition coefficient (Wildman–Crippen LogP) is 2.89. The van der Waals surface area contributed by atoms with Crippen LogP contribution in [0.2, 0.25) is 0 Å². The third-order valence-corrected chi connectivity index (χ3v) is 4.05. The van der Waals surface area contributed by atoms with Crippen LogP contribution >= 0.6 is 0 Å². The molecule has 2 rings (SSSR count). The van der Waals surface area contributed by atoms with Crippen LogP contribution in [0.5, 0.6) is 0 Å². The SMILES string of the molecule is CCCCC(NC(=O)c1cc(C2CC2)n(C(C)(C)C)n1)C(=O)O. The number of hydrogen-bond donors (Lipinski definition) is 2. The fraction of sp³-hybridized carbons (Fsp3) is 0.706. The smallest absolute Gasteiger partial charge is 0.326 e. The molecule has 0 aromatic carbocycles.